The molecular weight excluding hydrogens is 494 g/mol. The molecule has 0 saturated heterocycles. The van der Waals surface area contributed by atoms with Gasteiger partial charge in [-0.3, -0.25) is 0 Å². The molecule has 0 bridgehead atoms. The Kier molecular flexibility index (Phi) is 13.3. The zero-order valence-corrected chi connectivity index (χ0v) is 23.8. The molecule has 0 aromatic heterocycles. The van der Waals surface area contributed by atoms with Crippen molar-refractivity contribution in [2.45, 2.75) is 84.7 Å². The third-order valence-corrected chi connectivity index (χ3v) is 6.97. The summed E-state index contributed by atoms with van der Waals surface area (Å²) in [6, 6.07) is 18.3. The lowest BCUT2D eigenvalue weighted by Gasteiger charge is -2.14. The van der Waals surface area contributed by atoms with Crippen LogP contribution in [-0.2, 0) is 4.74 Å². The number of benzene rings is 3. The lowest BCUT2D eigenvalue weighted by Crippen LogP contribution is -2.08. The lowest BCUT2D eigenvalue weighted by molar-refractivity contribution is 0.0592. The first-order chi connectivity index (χ1) is 19.0. The third kappa shape index (κ3) is 9.65. The van der Waals surface area contributed by atoms with E-state index in [0.717, 1.165) is 62.0 Å². The molecule has 0 saturated carbocycles. The Morgan fingerprint density at radius 2 is 1.26 bits per heavy atom. The van der Waals surface area contributed by atoms with E-state index in [9.17, 15) is 4.39 Å². The maximum atomic E-state index is 15.2. The summed E-state index contributed by atoms with van der Waals surface area (Å²) in [5.41, 5.74) is 2.58. The van der Waals surface area contributed by atoms with E-state index in [4.69, 9.17) is 14.2 Å². The molecule has 0 N–H and O–H groups in total. The van der Waals surface area contributed by atoms with E-state index in [-0.39, 0.29) is 11.3 Å². The third-order valence-electron chi connectivity index (χ3n) is 6.97. The minimum absolute atomic E-state index is 0.0322. The van der Waals surface area contributed by atoms with Crippen LogP contribution in [0.25, 0.3) is 22.3 Å². The monoisotopic (exact) mass is 538 g/mol. The fraction of sp³-hybridized carbons (Fsp3) is 0.471. The van der Waals surface area contributed by atoms with E-state index in [0.29, 0.717) is 24.9 Å². The molecule has 0 spiro atoms. The summed E-state index contributed by atoms with van der Waals surface area (Å²) in [7, 11) is 0. The Morgan fingerprint density at radius 3 is 2.00 bits per heavy atom. The summed E-state index contributed by atoms with van der Waals surface area (Å²) >= 11 is 0. The lowest BCUT2D eigenvalue weighted by atomic mass is 9.94. The van der Waals surface area contributed by atoms with Crippen molar-refractivity contribution in [3.63, 3.8) is 0 Å². The quantitative estimate of drug-likeness (QED) is 0.151. The van der Waals surface area contributed by atoms with Gasteiger partial charge in [0.05, 0.1) is 19.3 Å². The van der Waals surface area contributed by atoms with Crippen LogP contribution in [0.3, 0.4) is 0 Å². The van der Waals surface area contributed by atoms with E-state index in [2.05, 4.69) is 20.8 Å². The molecule has 1 atom stereocenters. The van der Waals surface area contributed by atoms with Crippen LogP contribution in [-0.4, -0.2) is 25.9 Å². The van der Waals surface area contributed by atoms with Crippen LogP contribution in [0.4, 0.5) is 8.78 Å². The normalized spacial score (nSPS) is 11.9. The average molecular weight is 539 g/mol. The molecule has 0 aliphatic rings. The van der Waals surface area contributed by atoms with E-state index in [1.807, 2.05) is 48.5 Å². The predicted octanol–water partition coefficient (Wildman–Crippen LogP) is 10.0. The first-order valence-corrected chi connectivity index (χ1v) is 14.6. The topological polar surface area (TPSA) is 27.7 Å². The summed E-state index contributed by atoms with van der Waals surface area (Å²) in [4.78, 5) is 0. The van der Waals surface area contributed by atoms with Crippen molar-refractivity contribution < 1.29 is 23.0 Å². The second kappa shape index (κ2) is 16.9. The second-order valence-corrected chi connectivity index (χ2v) is 10.1. The van der Waals surface area contributed by atoms with Gasteiger partial charge in [0.15, 0.2) is 11.6 Å². The maximum Gasteiger partial charge on any atom is 0.201 e. The van der Waals surface area contributed by atoms with E-state index in [1.54, 1.807) is 6.07 Å². The molecule has 3 aromatic carbocycles. The fourth-order valence-electron chi connectivity index (χ4n) is 4.41. The highest BCUT2D eigenvalue weighted by Gasteiger charge is 2.18. The Morgan fingerprint density at radius 1 is 0.615 bits per heavy atom. The summed E-state index contributed by atoms with van der Waals surface area (Å²) in [5.74, 6) is -1.08. The van der Waals surface area contributed by atoms with E-state index in [1.165, 1.54) is 25.3 Å². The molecule has 0 aliphatic heterocycles. The number of unbranched alkanes of at least 4 members (excludes halogenated alkanes) is 6. The van der Waals surface area contributed by atoms with Crippen LogP contribution < -0.4 is 9.47 Å². The number of hydrogen-bond donors (Lipinski definition) is 0. The van der Waals surface area contributed by atoms with Crippen LogP contribution >= 0.6 is 0 Å². The molecule has 3 rings (SSSR count). The van der Waals surface area contributed by atoms with Crippen molar-refractivity contribution in [1.82, 2.24) is 0 Å². The molecular formula is C34H44F2O3. The Bertz CT molecular complexity index is 1110. The Labute approximate surface area is 233 Å². The summed E-state index contributed by atoms with van der Waals surface area (Å²) < 4.78 is 47.3. The molecule has 0 amide bonds. The van der Waals surface area contributed by atoms with Crippen molar-refractivity contribution in [1.29, 1.82) is 0 Å². The number of hydrogen-bond acceptors (Lipinski definition) is 3. The molecule has 0 aliphatic carbocycles. The summed E-state index contributed by atoms with van der Waals surface area (Å²) in [5, 5.41) is 0. The number of halogens is 2. The van der Waals surface area contributed by atoms with Crippen molar-refractivity contribution in [3.05, 3.63) is 72.3 Å². The zero-order chi connectivity index (χ0) is 27.9. The van der Waals surface area contributed by atoms with E-state index >= 15 is 4.39 Å². The zero-order valence-electron chi connectivity index (χ0n) is 23.8. The molecule has 3 nitrogen and oxygen atoms in total. The average Bonchev–Trinajstić information content (AvgIpc) is 2.96. The highest BCUT2D eigenvalue weighted by atomic mass is 19.2. The molecule has 0 heterocycles. The second-order valence-electron chi connectivity index (χ2n) is 10.1. The van der Waals surface area contributed by atoms with E-state index < -0.39 is 11.6 Å². The summed E-state index contributed by atoms with van der Waals surface area (Å²) in [6.07, 6.45) is 9.85. The molecule has 212 valence electrons. The van der Waals surface area contributed by atoms with Crippen LogP contribution in [0.15, 0.2) is 60.7 Å². The van der Waals surface area contributed by atoms with Gasteiger partial charge in [-0.2, -0.15) is 4.39 Å². The molecule has 0 fully saturated rings. The first-order valence-electron chi connectivity index (χ1n) is 14.6. The van der Waals surface area contributed by atoms with Gasteiger partial charge in [0.1, 0.15) is 5.75 Å². The minimum Gasteiger partial charge on any atom is -0.494 e. The van der Waals surface area contributed by atoms with Crippen LogP contribution in [0, 0.1) is 11.6 Å². The Hall–Kier alpha value is -2.92. The molecule has 0 radical (unpaired) electrons. The summed E-state index contributed by atoms with van der Waals surface area (Å²) in [6.45, 7) is 8.15. The molecule has 5 heteroatoms. The standard InChI is InChI=1S/C34H44F2O3/c1-4-6-7-8-9-12-25-39-32-22-21-31(33(35)34(32)36)30-16-11-10-15-29(30)27-17-19-28(20-18-27)38-24-14-13-23-37-26(3)5-2/h10-11,15-22,26H,4-9,12-14,23-25H2,1-3H3. The van der Waals surface area contributed by atoms with Gasteiger partial charge in [0.2, 0.25) is 5.82 Å². The first kappa shape index (κ1) is 30.6. The van der Waals surface area contributed by atoms with Gasteiger partial charge in [-0.1, -0.05) is 82.3 Å². The highest BCUT2D eigenvalue weighted by molar-refractivity contribution is 5.84. The van der Waals surface area contributed by atoms with Gasteiger partial charge >= 0.3 is 0 Å². The fourth-order valence-corrected chi connectivity index (χ4v) is 4.41. The predicted molar refractivity (Wildman–Crippen MR) is 157 cm³/mol. The van der Waals surface area contributed by atoms with Crippen molar-refractivity contribution >= 4 is 0 Å². The molecule has 3 aromatic rings. The smallest absolute Gasteiger partial charge is 0.201 e. The van der Waals surface area contributed by atoms with Crippen molar-refractivity contribution in [2.24, 2.45) is 0 Å². The SMILES string of the molecule is CCCCCCCCOc1ccc(-c2ccccc2-c2ccc(OCCCCOC(C)CC)cc2)c(F)c1F. The molecule has 1 unspecified atom stereocenters. The van der Waals surface area contributed by atoms with Gasteiger partial charge in [0.25, 0.3) is 0 Å². The van der Waals surface area contributed by atoms with Gasteiger partial charge in [-0.15, -0.1) is 0 Å². The van der Waals surface area contributed by atoms with Crippen molar-refractivity contribution in [3.8, 4) is 33.8 Å². The Balaban J connectivity index is 1.60. The largest absolute Gasteiger partial charge is 0.494 e. The molecule has 39 heavy (non-hydrogen) atoms. The van der Waals surface area contributed by atoms with Gasteiger partial charge < -0.3 is 14.2 Å². The van der Waals surface area contributed by atoms with Crippen LogP contribution in [0.1, 0.15) is 78.6 Å². The minimum atomic E-state index is -0.938. The van der Waals surface area contributed by atoms with Crippen LogP contribution in [0.2, 0.25) is 0 Å². The number of rotatable bonds is 18. The van der Waals surface area contributed by atoms with Gasteiger partial charge in [-0.25, -0.2) is 4.39 Å². The van der Waals surface area contributed by atoms with Crippen LogP contribution in [0.5, 0.6) is 11.5 Å². The van der Waals surface area contributed by atoms with Gasteiger partial charge in [0, 0.05) is 12.2 Å². The number of ether oxygens (including phenoxy) is 3. The highest BCUT2D eigenvalue weighted by Crippen LogP contribution is 2.36. The van der Waals surface area contributed by atoms with Gasteiger partial charge in [-0.05, 0) is 73.6 Å². The maximum absolute atomic E-state index is 15.2. The van der Waals surface area contributed by atoms with Crippen molar-refractivity contribution in [2.75, 3.05) is 19.8 Å².